The molecule has 4 amide bonds. The van der Waals surface area contributed by atoms with Crippen LogP contribution < -0.4 is 22.1 Å². The monoisotopic (exact) mass is 495 g/mol. The highest BCUT2D eigenvalue weighted by Crippen LogP contribution is 2.20. The highest BCUT2D eigenvalue weighted by atomic mass is 16.4. The second-order valence-electron chi connectivity index (χ2n) is 8.14. The van der Waals surface area contributed by atoms with Crippen molar-refractivity contribution in [2.45, 2.75) is 62.7 Å². The van der Waals surface area contributed by atoms with Crippen molar-refractivity contribution in [2.75, 3.05) is 6.54 Å². The lowest BCUT2D eigenvalue weighted by molar-refractivity contribution is -0.148. The molecule has 15 heteroatoms. The van der Waals surface area contributed by atoms with Crippen LogP contribution >= 0.6 is 0 Å². The molecule has 0 aromatic carbocycles. The topological polar surface area (TPSA) is 251 Å². The molecule has 0 bridgehead atoms. The van der Waals surface area contributed by atoms with Crippen molar-refractivity contribution >= 4 is 35.6 Å². The summed E-state index contributed by atoms with van der Waals surface area (Å²) in [7, 11) is 0. The normalized spacial score (nSPS) is 17.7. The average Bonchev–Trinajstić information content (AvgIpc) is 3.47. The highest BCUT2D eigenvalue weighted by Gasteiger charge is 2.39. The zero-order chi connectivity index (χ0) is 26.1. The van der Waals surface area contributed by atoms with E-state index in [0.29, 0.717) is 12.1 Å². The van der Waals surface area contributed by atoms with Gasteiger partial charge in [-0.25, -0.2) is 9.78 Å². The van der Waals surface area contributed by atoms with Gasteiger partial charge in [0.25, 0.3) is 0 Å². The number of carboxylic acids is 2. The Morgan fingerprint density at radius 3 is 2.46 bits per heavy atom. The number of nitrogens with zero attached hydrogens (tertiary/aromatic N) is 2. The fourth-order valence-electron chi connectivity index (χ4n) is 3.69. The van der Waals surface area contributed by atoms with E-state index in [4.69, 9.17) is 16.6 Å². The average molecular weight is 495 g/mol. The van der Waals surface area contributed by atoms with Gasteiger partial charge in [0.1, 0.15) is 18.1 Å². The number of aromatic nitrogens is 2. The summed E-state index contributed by atoms with van der Waals surface area (Å²) in [4.78, 5) is 79.9. The van der Waals surface area contributed by atoms with Crippen LogP contribution in [0.5, 0.6) is 0 Å². The lowest BCUT2D eigenvalue weighted by Gasteiger charge is -2.29. The minimum atomic E-state index is -1.68. The molecule has 192 valence electrons. The minimum Gasteiger partial charge on any atom is -0.481 e. The number of H-pyrrole nitrogens is 1. The summed E-state index contributed by atoms with van der Waals surface area (Å²) < 4.78 is 0. The third-order valence-electron chi connectivity index (χ3n) is 5.46. The Kier molecular flexibility index (Phi) is 9.69. The van der Waals surface area contributed by atoms with Crippen molar-refractivity contribution in [1.29, 1.82) is 0 Å². The van der Waals surface area contributed by atoms with Crippen molar-refractivity contribution in [2.24, 2.45) is 11.5 Å². The molecule has 1 aliphatic heterocycles. The molecule has 2 heterocycles. The van der Waals surface area contributed by atoms with Crippen LogP contribution in [0.3, 0.4) is 0 Å². The summed E-state index contributed by atoms with van der Waals surface area (Å²) in [5.74, 6) is -5.83. The van der Waals surface area contributed by atoms with Crippen LogP contribution in [-0.4, -0.2) is 91.4 Å². The largest absolute Gasteiger partial charge is 0.481 e. The van der Waals surface area contributed by atoms with E-state index in [1.165, 1.54) is 17.4 Å². The molecule has 2 rings (SSSR count). The standard InChI is InChI=1S/C20H29N7O8/c21-11(6-10-8-23-9-24-10)17(31)25-12(3-4-15(22)28)19(33)27-5-1-2-14(27)18(32)26-13(20(34)35)7-16(29)30/h8-9,11-14H,1-7,21H2,(H2,22,28)(H,23,24)(H,25,31)(H,26,32)(H,29,30)(H,34,35). The van der Waals surface area contributed by atoms with E-state index in [0.717, 1.165) is 0 Å². The second-order valence-corrected chi connectivity index (χ2v) is 8.14. The van der Waals surface area contributed by atoms with Gasteiger partial charge in [-0.3, -0.25) is 24.0 Å². The maximum absolute atomic E-state index is 13.3. The van der Waals surface area contributed by atoms with Crippen LogP contribution in [0.2, 0.25) is 0 Å². The van der Waals surface area contributed by atoms with Crippen LogP contribution in [0.15, 0.2) is 12.5 Å². The second kappa shape index (κ2) is 12.5. The summed E-state index contributed by atoms with van der Waals surface area (Å²) in [6.07, 6.45) is 2.43. The first kappa shape index (κ1) is 27.2. The van der Waals surface area contributed by atoms with E-state index in [2.05, 4.69) is 20.6 Å². The summed E-state index contributed by atoms with van der Waals surface area (Å²) in [6, 6.07) is -5.01. The molecule has 35 heavy (non-hydrogen) atoms. The number of carbonyl (C=O) groups is 6. The molecule has 0 saturated carbocycles. The first-order valence-corrected chi connectivity index (χ1v) is 10.9. The lowest BCUT2D eigenvalue weighted by Crippen LogP contribution is -2.57. The number of rotatable bonds is 13. The number of carbonyl (C=O) groups excluding carboxylic acids is 4. The van der Waals surface area contributed by atoms with Crippen LogP contribution in [-0.2, 0) is 35.2 Å². The number of hydrogen-bond acceptors (Lipinski definition) is 8. The van der Waals surface area contributed by atoms with Gasteiger partial charge in [-0.1, -0.05) is 0 Å². The van der Waals surface area contributed by atoms with Crippen molar-refractivity contribution in [3.63, 3.8) is 0 Å². The minimum absolute atomic E-state index is 0.109. The van der Waals surface area contributed by atoms with E-state index in [1.54, 1.807) is 0 Å². The molecule has 15 nitrogen and oxygen atoms in total. The highest BCUT2D eigenvalue weighted by molar-refractivity contribution is 5.95. The Hall–Kier alpha value is -4.01. The molecule has 1 saturated heterocycles. The number of imidazole rings is 1. The third kappa shape index (κ3) is 8.06. The molecular formula is C20H29N7O8. The first-order chi connectivity index (χ1) is 16.5. The molecule has 9 N–H and O–H groups in total. The quantitative estimate of drug-likeness (QED) is 0.147. The Balaban J connectivity index is 2.12. The maximum Gasteiger partial charge on any atom is 0.326 e. The van der Waals surface area contributed by atoms with E-state index in [9.17, 15) is 33.9 Å². The number of amides is 4. The van der Waals surface area contributed by atoms with Crippen LogP contribution in [0.1, 0.15) is 37.8 Å². The van der Waals surface area contributed by atoms with Gasteiger partial charge in [0.2, 0.25) is 23.6 Å². The molecular weight excluding hydrogens is 466 g/mol. The molecule has 1 aliphatic rings. The maximum atomic E-state index is 13.3. The third-order valence-corrected chi connectivity index (χ3v) is 5.46. The Labute approximate surface area is 199 Å². The van der Waals surface area contributed by atoms with E-state index < -0.39 is 66.2 Å². The molecule has 1 aromatic heterocycles. The van der Waals surface area contributed by atoms with Crippen LogP contribution in [0.4, 0.5) is 0 Å². The molecule has 0 radical (unpaired) electrons. The summed E-state index contributed by atoms with van der Waals surface area (Å²) in [5.41, 5.74) is 11.7. The van der Waals surface area contributed by atoms with Gasteiger partial charge < -0.3 is 42.2 Å². The number of aliphatic carboxylic acids is 2. The fourth-order valence-corrected chi connectivity index (χ4v) is 3.69. The van der Waals surface area contributed by atoms with E-state index in [1.807, 2.05) is 0 Å². The number of carboxylic acid groups (broad SMARTS) is 2. The molecule has 0 spiro atoms. The smallest absolute Gasteiger partial charge is 0.326 e. The van der Waals surface area contributed by atoms with Gasteiger partial charge in [-0.2, -0.15) is 0 Å². The number of likely N-dealkylation sites (tertiary alicyclic amines) is 1. The van der Waals surface area contributed by atoms with Gasteiger partial charge in [-0.05, 0) is 19.3 Å². The number of primary amides is 1. The number of nitrogens with one attached hydrogen (secondary N) is 3. The zero-order valence-corrected chi connectivity index (χ0v) is 18.8. The van der Waals surface area contributed by atoms with Gasteiger partial charge >= 0.3 is 11.9 Å². The zero-order valence-electron chi connectivity index (χ0n) is 18.8. The van der Waals surface area contributed by atoms with Gasteiger partial charge in [0, 0.05) is 31.3 Å². The summed E-state index contributed by atoms with van der Waals surface area (Å²) >= 11 is 0. The SMILES string of the molecule is NC(=O)CCC(NC(=O)C(N)Cc1cnc[nH]1)C(=O)N1CCCC1C(=O)NC(CC(=O)O)C(=O)O. The summed E-state index contributed by atoms with van der Waals surface area (Å²) in [6.45, 7) is 0.136. The van der Waals surface area contributed by atoms with Gasteiger partial charge in [0.15, 0.2) is 0 Å². The number of nitrogens with two attached hydrogens (primary N) is 2. The Morgan fingerprint density at radius 2 is 1.89 bits per heavy atom. The van der Waals surface area contributed by atoms with Gasteiger partial charge in [0.05, 0.1) is 18.8 Å². The molecule has 1 aromatic rings. The first-order valence-electron chi connectivity index (χ1n) is 10.9. The number of aromatic amines is 1. The van der Waals surface area contributed by atoms with Crippen molar-refractivity contribution in [3.05, 3.63) is 18.2 Å². The van der Waals surface area contributed by atoms with E-state index >= 15 is 0 Å². The van der Waals surface area contributed by atoms with Crippen LogP contribution in [0.25, 0.3) is 0 Å². The molecule has 4 unspecified atom stereocenters. The molecule has 1 fully saturated rings. The fraction of sp³-hybridized carbons (Fsp3) is 0.550. The van der Waals surface area contributed by atoms with Gasteiger partial charge in [-0.15, -0.1) is 0 Å². The number of hydrogen-bond donors (Lipinski definition) is 7. The lowest BCUT2D eigenvalue weighted by atomic mass is 10.1. The predicted octanol–water partition coefficient (Wildman–Crippen LogP) is -2.94. The van der Waals surface area contributed by atoms with Crippen molar-refractivity contribution < 1.29 is 39.0 Å². The van der Waals surface area contributed by atoms with Crippen molar-refractivity contribution in [3.8, 4) is 0 Å². The van der Waals surface area contributed by atoms with E-state index in [-0.39, 0.29) is 32.2 Å². The Bertz CT molecular complexity index is 951. The molecule has 4 atom stereocenters. The molecule has 0 aliphatic carbocycles. The van der Waals surface area contributed by atoms with Crippen LogP contribution in [0, 0.1) is 0 Å². The summed E-state index contributed by atoms with van der Waals surface area (Å²) in [5, 5.41) is 22.7. The predicted molar refractivity (Wildman–Crippen MR) is 117 cm³/mol. The Morgan fingerprint density at radius 1 is 1.17 bits per heavy atom. The van der Waals surface area contributed by atoms with Crippen molar-refractivity contribution in [1.82, 2.24) is 25.5 Å².